The van der Waals surface area contributed by atoms with E-state index in [1.165, 1.54) is 5.56 Å². The van der Waals surface area contributed by atoms with Crippen molar-refractivity contribution in [2.45, 2.75) is 51.4 Å². The van der Waals surface area contributed by atoms with Gasteiger partial charge >= 0.3 is 0 Å². The summed E-state index contributed by atoms with van der Waals surface area (Å²) in [5, 5.41) is 0. The van der Waals surface area contributed by atoms with Crippen molar-refractivity contribution in [3.05, 3.63) is 29.8 Å². The molecule has 0 bridgehead atoms. The Morgan fingerprint density at radius 1 is 1.47 bits per heavy atom. The Kier molecular flexibility index (Phi) is 4.16. The first-order valence-corrected chi connectivity index (χ1v) is 7.11. The number of nitrogens with zero attached hydrogens (tertiary/aromatic N) is 1. The van der Waals surface area contributed by atoms with Crippen LogP contribution in [-0.2, 0) is 4.74 Å². The molecule has 0 spiro atoms. The summed E-state index contributed by atoms with van der Waals surface area (Å²) in [5.74, 6) is 0. The highest BCUT2D eigenvalue weighted by molar-refractivity contribution is 5.41. The topological polar surface area (TPSA) is 38.5 Å². The Labute approximate surface area is 116 Å². The van der Waals surface area contributed by atoms with Crippen LogP contribution in [0.2, 0.25) is 0 Å². The Hall–Kier alpha value is -1.06. The van der Waals surface area contributed by atoms with Gasteiger partial charge in [0.1, 0.15) is 0 Å². The third kappa shape index (κ3) is 3.71. The average molecular weight is 262 g/mol. The van der Waals surface area contributed by atoms with Gasteiger partial charge in [0.25, 0.3) is 0 Å². The monoisotopic (exact) mass is 262 g/mol. The highest BCUT2D eigenvalue weighted by Gasteiger charge is 2.32. The fraction of sp³-hybridized carbons (Fsp3) is 0.625. The van der Waals surface area contributed by atoms with Gasteiger partial charge in [-0.1, -0.05) is 12.1 Å². The minimum Gasteiger partial charge on any atom is -0.399 e. The first-order valence-electron chi connectivity index (χ1n) is 7.11. The predicted octanol–water partition coefficient (Wildman–Crippen LogP) is 3.22. The summed E-state index contributed by atoms with van der Waals surface area (Å²) >= 11 is 0. The van der Waals surface area contributed by atoms with Gasteiger partial charge in [-0.2, -0.15) is 0 Å². The summed E-state index contributed by atoms with van der Waals surface area (Å²) in [7, 11) is 2.16. The molecule has 0 aromatic heterocycles. The van der Waals surface area contributed by atoms with E-state index >= 15 is 0 Å². The van der Waals surface area contributed by atoms with E-state index in [1.54, 1.807) is 0 Å². The Bertz CT molecular complexity index is 431. The normalized spacial score (nSPS) is 23.7. The van der Waals surface area contributed by atoms with Gasteiger partial charge in [-0.05, 0) is 58.4 Å². The summed E-state index contributed by atoms with van der Waals surface area (Å²) in [4.78, 5) is 2.35. The van der Waals surface area contributed by atoms with Gasteiger partial charge in [0, 0.05) is 18.3 Å². The lowest BCUT2D eigenvalue weighted by Crippen LogP contribution is -2.32. The largest absolute Gasteiger partial charge is 0.399 e. The van der Waals surface area contributed by atoms with Crippen molar-refractivity contribution < 1.29 is 4.74 Å². The molecule has 1 fully saturated rings. The third-order valence-corrected chi connectivity index (χ3v) is 4.10. The van der Waals surface area contributed by atoms with E-state index in [9.17, 15) is 0 Å². The molecule has 1 saturated heterocycles. The lowest BCUT2D eigenvalue weighted by Gasteiger charge is -2.28. The van der Waals surface area contributed by atoms with Crippen molar-refractivity contribution in [3.63, 3.8) is 0 Å². The fourth-order valence-corrected chi connectivity index (χ4v) is 2.76. The minimum atomic E-state index is 0.0475. The highest BCUT2D eigenvalue weighted by atomic mass is 16.5. The van der Waals surface area contributed by atoms with Gasteiger partial charge < -0.3 is 10.5 Å². The zero-order chi connectivity index (χ0) is 14.0. The molecule has 0 saturated carbocycles. The van der Waals surface area contributed by atoms with Crippen LogP contribution < -0.4 is 5.73 Å². The SMILES string of the molecule is CC(c1cccc(N)c1)N(C)CC1CCC(C)(C)O1. The van der Waals surface area contributed by atoms with E-state index in [0.717, 1.165) is 25.1 Å². The van der Waals surface area contributed by atoms with Crippen molar-refractivity contribution in [3.8, 4) is 0 Å². The zero-order valence-corrected chi connectivity index (χ0v) is 12.5. The molecule has 3 nitrogen and oxygen atoms in total. The first-order chi connectivity index (χ1) is 8.87. The van der Waals surface area contributed by atoms with E-state index in [4.69, 9.17) is 10.5 Å². The van der Waals surface area contributed by atoms with Gasteiger partial charge in [-0.15, -0.1) is 0 Å². The van der Waals surface area contributed by atoms with E-state index in [-0.39, 0.29) is 5.60 Å². The van der Waals surface area contributed by atoms with Crippen molar-refractivity contribution >= 4 is 5.69 Å². The third-order valence-electron chi connectivity index (χ3n) is 4.10. The second-order valence-electron chi connectivity index (χ2n) is 6.32. The molecule has 19 heavy (non-hydrogen) atoms. The van der Waals surface area contributed by atoms with Crippen LogP contribution >= 0.6 is 0 Å². The highest BCUT2D eigenvalue weighted by Crippen LogP contribution is 2.31. The summed E-state index contributed by atoms with van der Waals surface area (Å²) < 4.78 is 6.06. The van der Waals surface area contributed by atoms with Crippen LogP contribution in [0.25, 0.3) is 0 Å². The molecule has 0 amide bonds. The number of hydrogen-bond acceptors (Lipinski definition) is 3. The Balaban J connectivity index is 1.95. The number of rotatable bonds is 4. The van der Waals surface area contributed by atoms with Crippen LogP contribution in [0, 0.1) is 0 Å². The second-order valence-corrected chi connectivity index (χ2v) is 6.32. The molecule has 2 atom stereocenters. The molecule has 0 aliphatic carbocycles. The molecular weight excluding hydrogens is 236 g/mol. The molecular formula is C16H26N2O. The summed E-state index contributed by atoms with van der Waals surface area (Å²) in [5.41, 5.74) is 7.99. The molecule has 1 aromatic carbocycles. The summed E-state index contributed by atoms with van der Waals surface area (Å²) in [6, 6.07) is 8.50. The van der Waals surface area contributed by atoms with Gasteiger partial charge in [0.2, 0.25) is 0 Å². The van der Waals surface area contributed by atoms with Gasteiger partial charge in [-0.3, -0.25) is 4.90 Å². The average Bonchev–Trinajstić information content (AvgIpc) is 2.67. The number of hydrogen-bond donors (Lipinski definition) is 1. The van der Waals surface area contributed by atoms with Crippen LogP contribution in [0.15, 0.2) is 24.3 Å². The fourth-order valence-electron chi connectivity index (χ4n) is 2.76. The number of nitrogen functional groups attached to an aromatic ring is 1. The molecule has 3 heteroatoms. The van der Waals surface area contributed by atoms with Crippen LogP contribution in [-0.4, -0.2) is 30.2 Å². The number of likely N-dealkylation sites (N-methyl/N-ethyl adjacent to an activating group) is 1. The molecule has 2 unspecified atom stereocenters. The van der Waals surface area contributed by atoms with Crippen molar-refractivity contribution in [2.75, 3.05) is 19.3 Å². The molecule has 106 valence electrons. The lowest BCUT2D eigenvalue weighted by atomic mass is 10.0. The van der Waals surface area contributed by atoms with Crippen LogP contribution in [0.3, 0.4) is 0 Å². The molecule has 2 rings (SSSR count). The van der Waals surface area contributed by atoms with Gasteiger partial charge in [-0.25, -0.2) is 0 Å². The molecule has 1 aliphatic heterocycles. The Morgan fingerprint density at radius 2 is 2.21 bits per heavy atom. The number of ether oxygens (including phenoxy) is 1. The molecule has 1 aliphatic rings. The molecule has 1 aromatic rings. The smallest absolute Gasteiger partial charge is 0.0710 e. The number of benzene rings is 1. The number of nitrogens with two attached hydrogens (primary N) is 1. The van der Waals surface area contributed by atoms with Crippen LogP contribution in [0.4, 0.5) is 5.69 Å². The van der Waals surface area contributed by atoms with Gasteiger partial charge in [0.15, 0.2) is 0 Å². The van der Waals surface area contributed by atoms with E-state index in [1.807, 2.05) is 12.1 Å². The summed E-state index contributed by atoms with van der Waals surface area (Å²) in [6.07, 6.45) is 2.66. The van der Waals surface area contributed by atoms with Crippen molar-refractivity contribution in [2.24, 2.45) is 0 Å². The maximum Gasteiger partial charge on any atom is 0.0710 e. The quantitative estimate of drug-likeness (QED) is 0.847. The van der Waals surface area contributed by atoms with Crippen LogP contribution in [0.1, 0.15) is 45.2 Å². The summed E-state index contributed by atoms with van der Waals surface area (Å²) in [6.45, 7) is 7.54. The van der Waals surface area contributed by atoms with E-state index < -0.39 is 0 Å². The standard InChI is InChI=1S/C16H26N2O/c1-12(13-6-5-7-14(17)10-13)18(4)11-15-8-9-16(2,3)19-15/h5-7,10,12,15H,8-9,11,17H2,1-4H3. The minimum absolute atomic E-state index is 0.0475. The molecule has 1 heterocycles. The van der Waals surface area contributed by atoms with Crippen LogP contribution in [0.5, 0.6) is 0 Å². The number of anilines is 1. The van der Waals surface area contributed by atoms with E-state index in [2.05, 4.69) is 44.9 Å². The zero-order valence-electron chi connectivity index (χ0n) is 12.5. The van der Waals surface area contributed by atoms with Crippen molar-refractivity contribution in [1.82, 2.24) is 4.90 Å². The Morgan fingerprint density at radius 3 is 2.79 bits per heavy atom. The molecule has 0 radical (unpaired) electrons. The predicted molar refractivity (Wildman–Crippen MR) is 80.1 cm³/mol. The van der Waals surface area contributed by atoms with Gasteiger partial charge in [0.05, 0.1) is 11.7 Å². The maximum atomic E-state index is 6.06. The maximum absolute atomic E-state index is 6.06. The van der Waals surface area contributed by atoms with E-state index in [0.29, 0.717) is 12.1 Å². The molecule has 2 N–H and O–H groups in total. The lowest BCUT2D eigenvalue weighted by molar-refractivity contribution is -0.0295. The van der Waals surface area contributed by atoms with Crippen molar-refractivity contribution in [1.29, 1.82) is 0 Å². The first kappa shape index (κ1) is 14.4. The second kappa shape index (κ2) is 5.51.